The fraction of sp³-hybridized carbons (Fsp3) is 0.250. The molecule has 2 aromatic rings. The molecule has 0 saturated heterocycles. The monoisotopic (exact) mass is 203 g/mol. The van der Waals surface area contributed by atoms with E-state index in [9.17, 15) is 5.11 Å². The van der Waals surface area contributed by atoms with E-state index >= 15 is 0 Å². The van der Waals surface area contributed by atoms with Gasteiger partial charge < -0.3 is 9.52 Å². The normalized spacial score (nSPS) is 12.7. The summed E-state index contributed by atoms with van der Waals surface area (Å²) < 4.78 is 5.51. The highest BCUT2D eigenvalue weighted by Gasteiger charge is 2.07. The van der Waals surface area contributed by atoms with Gasteiger partial charge in [-0.2, -0.15) is 0 Å². The molecule has 1 unspecified atom stereocenters. The minimum atomic E-state index is -0.401. The van der Waals surface area contributed by atoms with E-state index in [0.717, 1.165) is 5.56 Å². The van der Waals surface area contributed by atoms with Crippen molar-refractivity contribution in [3.63, 3.8) is 0 Å². The molecule has 1 aromatic heterocycles. The van der Waals surface area contributed by atoms with Crippen LogP contribution in [0, 0.1) is 0 Å². The third-order valence-electron chi connectivity index (χ3n) is 2.07. The Morgan fingerprint density at radius 3 is 2.73 bits per heavy atom. The zero-order valence-electron chi connectivity index (χ0n) is 8.55. The van der Waals surface area contributed by atoms with Gasteiger partial charge in [-0.3, -0.25) is 0 Å². The van der Waals surface area contributed by atoms with E-state index in [1.807, 2.05) is 30.3 Å². The quantitative estimate of drug-likeness (QED) is 0.832. The topological polar surface area (TPSA) is 46.3 Å². The molecule has 0 bridgehead atoms. The van der Waals surface area contributed by atoms with Crippen LogP contribution in [0.3, 0.4) is 0 Å². The summed E-state index contributed by atoms with van der Waals surface area (Å²) >= 11 is 0. The Bertz CT molecular complexity index is 420. The summed E-state index contributed by atoms with van der Waals surface area (Å²) in [5.41, 5.74) is 0.953. The number of aliphatic hydroxyl groups is 1. The van der Waals surface area contributed by atoms with Crippen LogP contribution < -0.4 is 0 Å². The molecule has 0 aliphatic carbocycles. The fourth-order valence-electron chi connectivity index (χ4n) is 1.41. The molecular formula is C12H13NO2. The third-order valence-corrected chi connectivity index (χ3v) is 2.07. The van der Waals surface area contributed by atoms with Crippen molar-refractivity contribution in [1.82, 2.24) is 4.98 Å². The molecule has 3 heteroatoms. The minimum Gasteiger partial charge on any atom is -0.441 e. The molecular weight excluding hydrogens is 190 g/mol. The number of oxazole rings is 1. The highest BCUT2D eigenvalue weighted by atomic mass is 16.4. The van der Waals surface area contributed by atoms with E-state index in [1.165, 1.54) is 0 Å². The molecule has 1 N–H and O–H groups in total. The van der Waals surface area contributed by atoms with Gasteiger partial charge in [0.05, 0.1) is 12.3 Å². The molecule has 0 aliphatic rings. The van der Waals surface area contributed by atoms with Crippen LogP contribution in [0.2, 0.25) is 0 Å². The summed E-state index contributed by atoms with van der Waals surface area (Å²) in [4.78, 5) is 4.16. The van der Waals surface area contributed by atoms with Crippen molar-refractivity contribution in [3.05, 3.63) is 42.3 Å². The Hall–Kier alpha value is -1.61. The van der Waals surface area contributed by atoms with Crippen molar-refractivity contribution in [2.45, 2.75) is 19.4 Å². The van der Waals surface area contributed by atoms with Crippen LogP contribution in [-0.4, -0.2) is 16.2 Å². The van der Waals surface area contributed by atoms with Crippen molar-refractivity contribution < 1.29 is 9.52 Å². The molecule has 0 fully saturated rings. The molecule has 0 aliphatic heterocycles. The molecule has 78 valence electrons. The van der Waals surface area contributed by atoms with Crippen molar-refractivity contribution in [1.29, 1.82) is 0 Å². The maximum absolute atomic E-state index is 9.20. The lowest BCUT2D eigenvalue weighted by molar-refractivity contribution is 0.187. The molecule has 1 aromatic carbocycles. The Labute approximate surface area is 88.4 Å². The largest absolute Gasteiger partial charge is 0.441 e. The second kappa shape index (κ2) is 4.28. The number of hydrogen-bond donors (Lipinski definition) is 1. The predicted octanol–water partition coefficient (Wildman–Crippen LogP) is 2.26. The lowest BCUT2D eigenvalue weighted by atomic mass is 10.2. The smallest absolute Gasteiger partial charge is 0.226 e. The van der Waals surface area contributed by atoms with Crippen molar-refractivity contribution in [2.75, 3.05) is 0 Å². The van der Waals surface area contributed by atoms with Crippen LogP contribution in [-0.2, 0) is 6.42 Å². The summed E-state index contributed by atoms with van der Waals surface area (Å²) in [6.07, 6.45) is 1.76. The number of rotatable bonds is 3. The summed E-state index contributed by atoms with van der Waals surface area (Å²) in [6, 6.07) is 9.71. The van der Waals surface area contributed by atoms with Gasteiger partial charge in [-0.1, -0.05) is 18.2 Å². The number of benzene rings is 1. The molecule has 1 heterocycles. The summed E-state index contributed by atoms with van der Waals surface area (Å²) in [5.74, 6) is 1.31. The van der Waals surface area contributed by atoms with Crippen LogP contribution in [0.25, 0.3) is 11.5 Å². The highest BCUT2D eigenvalue weighted by molar-refractivity contribution is 5.52. The summed E-state index contributed by atoms with van der Waals surface area (Å²) in [7, 11) is 0. The molecule has 0 spiro atoms. The van der Waals surface area contributed by atoms with Crippen LogP contribution in [0.1, 0.15) is 12.7 Å². The molecule has 0 amide bonds. The molecule has 2 rings (SSSR count). The number of hydrogen-bond acceptors (Lipinski definition) is 3. The maximum atomic E-state index is 9.20. The average Bonchev–Trinajstić information content (AvgIpc) is 2.67. The van der Waals surface area contributed by atoms with Gasteiger partial charge in [0.2, 0.25) is 5.89 Å². The van der Waals surface area contributed by atoms with Crippen LogP contribution >= 0.6 is 0 Å². The van der Waals surface area contributed by atoms with E-state index in [-0.39, 0.29) is 0 Å². The Morgan fingerprint density at radius 1 is 1.33 bits per heavy atom. The first-order valence-corrected chi connectivity index (χ1v) is 4.94. The van der Waals surface area contributed by atoms with E-state index in [0.29, 0.717) is 18.1 Å². The zero-order chi connectivity index (χ0) is 10.7. The minimum absolute atomic E-state index is 0.401. The van der Waals surface area contributed by atoms with Gasteiger partial charge in [0, 0.05) is 12.0 Å². The van der Waals surface area contributed by atoms with Crippen molar-refractivity contribution in [3.8, 4) is 11.5 Å². The summed E-state index contributed by atoms with van der Waals surface area (Å²) in [5, 5.41) is 9.20. The number of nitrogens with zero attached hydrogens (tertiary/aromatic N) is 1. The van der Waals surface area contributed by atoms with Crippen LogP contribution in [0.5, 0.6) is 0 Å². The van der Waals surface area contributed by atoms with Crippen LogP contribution in [0.4, 0.5) is 0 Å². The first kappa shape index (κ1) is 9.93. The maximum Gasteiger partial charge on any atom is 0.226 e. The molecule has 3 nitrogen and oxygen atoms in total. The highest BCUT2D eigenvalue weighted by Crippen LogP contribution is 2.19. The van der Waals surface area contributed by atoms with Gasteiger partial charge in [0.15, 0.2) is 0 Å². The van der Waals surface area contributed by atoms with E-state index in [4.69, 9.17) is 4.42 Å². The van der Waals surface area contributed by atoms with Crippen molar-refractivity contribution in [2.24, 2.45) is 0 Å². The van der Waals surface area contributed by atoms with Gasteiger partial charge in [0.25, 0.3) is 0 Å². The Morgan fingerprint density at radius 2 is 2.07 bits per heavy atom. The fourth-order valence-corrected chi connectivity index (χ4v) is 1.41. The lowest BCUT2D eigenvalue weighted by Gasteiger charge is -1.98. The SMILES string of the molecule is CC(O)Cc1cnc(-c2ccccc2)o1. The standard InChI is InChI=1S/C12H13NO2/c1-9(14)7-11-8-13-12(15-11)10-5-3-2-4-6-10/h2-6,8-9,14H,7H2,1H3. The van der Waals surface area contributed by atoms with E-state index in [1.54, 1.807) is 13.1 Å². The second-order valence-corrected chi connectivity index (χ2v) is 3.55. The van der Waals surface area contributed by atoms with Crippen molar-refractivity contribution >= 4 is 0 Å². The van der Waals surface area contributed by atoms with Crippen LogP contribution in [0.15, 0.2) is 40.9 Å². The molecule has 1 atom stereocenters. The van der Waals surface area contributed by atoms with Gasteiger partial charge >= 0.3 is 0 Å². The summed E-state index contributed by atoms with van der Waals surface area (Å²) in [6.45, 7) is 1.73. The second-order valence-electron chi connectivity index (χ2n) is 3.55. The zero-order valence-corrected chi connectivity index (χ0v) is 8.55. The number of aliphatic hydroxyl groups excluding tert-OH is 1. The lowest BCUT2D eigenvalue weighted by Crippen LogP contribution is -2.02. The number of aromatic nitrogens is 1. The molecule has 0 saturated carbocycles. The van der Waals surface area contributed by atoms with E-state index < -0.39 is 6.10 Å². The van der Waals surface area contributed by atoms with Gasteiger partial charge in [-0.05, 0) is 19.1 Å². The van der Waals surface area contributed by atoms with E-state index in [2.05, 4.69) is 4.98 Å². The first-order valence-electron chi connectivity index (χ1n) is 4.94. The van der Waals surface area contributed by atoms with Gasteiger partial charge in [0.1, 0.15) is 5.76 Å². The predicted molar refractivity (Wildman–Crippen MR) is 57.3 cm³/mol. The first-order chi connectivity index (χ1) is 7.25. The third kappa shape index (κ3) is 2.44. The Balaban J connectivity index is 2.21. The van der Waals surface area contributed by atoms with Gasteiger partial charge in [-0.15, -0.1) is 0 Å². The average molecular weight is 203 g/mol. The molecule has 0 radical (unpaired) electrons. The Kier molecular flexibility index (Phi) is 2.83. The molecule has 15 heavy (non-hydrogen) atoms. The van der Waals surface area contributed by atoms with Gasteiger partial charge in [-0.25, -0.2) is 4.98 Å².